The number of nitrogens with one attached hydrogen (secondary N) is 1. The molecule has 7 nitrogen and oxygen atoms in total. The summed E-state index contributed by atoms with van der Waals surface area (Å²) in [7, 11) is 0. The van der Waals surface area contributed by atoms with Crippen molar-refractivity contribution in [2.45, 2.75) is 68.8 Å². The van der Waals surface area contributed by atoms with E-state index < -0.39 is 24.1 Å². The Morgan fingerprint density at radius 3 is 2.27 bits per heavy atom. The van der Waals surface area contributed by atoms with E-state index in [-0.39, 0.29) is 24.0 Å². The smallest absolute Gasteiger partial charge is 0.330 e. The first-order valence-corrected chi connectivity index (χ1v) is 9.78. The summed E-state index contributed by atoms with van der Waals surface area (Å²) >= 11 is 0. The van der Waals surface area contributed by atoms with Crippen molar-refractivity contribution < 1.29 is 14.9 Å². The average molecular weight is 362 g/mol. The number of ether oxygens (including phenoxy) is 1. The van der Waals surface area contributed by atoms with Crippen LogP contribution in [0.15, 0.2) is 15.8 Å². The van der Waals surface area contributed by atoms with Crippen LogP contribution < -0.4 is 11.2 Å². The van der Waals surface area contributed by atoms with Crippen LogP contribution in [0.2, 0.25) is 0 Å². The van der Waals surface area contributed by atoms with Gasteiger partial charge in [-0.25, -0.2) is 4.79 Å². The van der Waals surface area contributed by atoms with E-state index in [0.29, 0.717) is 23.3 Å². The van der Waals surface area contributed by atoms with Crippen molar-refractivity contribution in [3.05, 3.63) is 32.6 Å². The van der Waals surface area contributed by atoms with Gasteiger partial charge in [0.1, 0.15) is 12.3 Å². The molecule has 3 N–H and O–H groups in total. The van der Waals surface area contributed by atoms with Crippen molar-refractivity contribution in [3.8, 4) is 0 Å². The molecule has 5 fully saturated rings. The summed E-state index contributed by atoms with van der Waals surface area (Å²) in [5.74, 6) is 2.10. The maximum Gasteiger partial charge on any atom is 0.330 e. The summed E-state index contributed by atoms with van der Waals surface area (Å²) in [5, 5.41) is 19.3. The van der Waals surface area contributed by atoms with E-state index in [1.54, 1.807) is 6.20 Å². The third kappa shape index (κ3) is 2.44. The van der Waals surface area contributed by atoms with Crippen LogP contribution in [0.5, 0.6) is 0 Å². The third-order valence-corrected chi connectivity index (χ3v) is 7.27. The second-order valence-electron chi connectivity index (χ2n) is 9.02. The van der Waals surface area contributed by atoms with Gasteiger partial charge in [0.25, 0.3) is 5.56 Å². The molecule has 1 aromatic heterocycles. The van der Waals surface area contributed by atoms with Crippen LogP contribution in [0.4, 0.5) is 0 Å². The van der Waals surface area contributed by atoms with Gasteiger partial charge in [-0.15, -0.1) is 0 Å². The number of aliphatic hydroxyl groups is 2. The third-order valence-electron chi connectivity index (χ3n) is 7.27. The predicted molar refractivity (Wildman–Crippen MR) is 92.8 cm³/mol. The molecule has 4 bridgehead atoms. The molecular weight excluding hydrogens is 336 g/mol. The normalized spacial score (nSPS) is 43.9. The Morgan fingerprint density at radius 1 is 1.12 bits per heavy atom. The van der Waals surface area contributed by atoms with E-state index in [9.17, 15) is 19.8 Å². The molecule has 4 saturated carbocycles. The summed E-state index contributed by atoms with van der Waals surface area (Å²) in [4.78, 5) is 27.6. The molecule has 0 aromatic carbocycles. The molecule has 1 aromatic rings. The molecular formula is C19H26N2O5. The summed E-state index contributed by atoms with van der Waals surface area (Å²) in [6.07, 6.45) is 6.72. The Kier molecular flexibility index (Phi) is 3.71. The molecule has 0 amide bonds. The van der Waals surface area contributed by atoms with E-state index in [4.69, 9.17) is 4.74 Å². The van der Waals surface area contributed by atoms with Gasteiger partial charge in [0.2, 0.25) is 0 Å². The highest BCUT2D eigenvalue weighted by atomic mass is 16.5. The summed E-state index contributed by atoms with van der Waals surface area (Å²) in [6, 6.07) is 0. The topological polar surface area (TPSA) is 105 Å². The molecule has 3 atom stereocenters. The number of rotatable bonds is 3. The van der Waals surface area contributed by atoms with E-state index in [1.807, 2.05) is 0 Å². The zero-order valence-electron chi connectivity index (χ0n) is 14.8. The SMILES string of the molecule is O=c1[nH]c(=O)n([C@H]2C[C@H](O)[C@@H](CO)O2)cc1C12CC3CC(CC(C3)C1)C2. The maximum atomic E-state index is 12.7. The van der Waals surface area contributed by atoms with Crippen LogP contribution in [0.3, 0.4) is 0 Å². The molecule has 1 saturated heterocycles. The van der Waals surface area contributed by atoms with Gasteiger partial charge in [-0.1, -0.05) is 0 Å². The van der Waals surface area contributed by atoms with Crippen LogP contribution in [-0.4, -0.2) is 38.6 Å². The van der Waals surface area contributed by atoms with E-state index >= 15 is 0 Å². The van der Waals surface area contributed by atoms with Crippen molar-refractivity contribution in [2.75, 3.05) is 6.61 Å². The van der Waals surface area contributed by atoms with Crippen molar-refractivity contribution in [1.29, 1.82) is 0 Å². The fourth-order valence-corrected chi connectivity index (χ4v) is 6.57. The lowest BCUT2D eigenvalue weighted by Crippen LogP contribution is -2.51. The Bertz CT molecular complexity index is 793. The van der Waals surface area contributed by atoms with E-state index in [1.165, 1.54) is 23.8 Å². The van der Waals surface area contributed by atoms with Crippen LogP contribution >= 0.6 is 0 Å². The largest absolute Gasteiger partial charge is 0.394 e. The molecule has 2 heterocycles. The highest BCUT2D eigenvalue weighted by Gasteiger charge is 2.53. The van der Waals surface area contributed by atoms with Crippen molar-refractivity contribution in [2.24, 2.45) is 17.8 Å². The van der Waals surface area contributed by atoms with Crippen molar-refractivity contribution in [1.82, 2.24) is 9.55 Å². The zero-order chi connectivity index (χ0) is 18.1. The number of H-pyrrole nitrogens is 1. The molecule has 0 unspecified atom stereocenters. The van der Waals surface area contributed by atoms with Gasteiger partial charge in [-0.3, -0.25) is 14.3 Å². The lowest BCUT2D eigenvalue weighted by atomic mass is 9.48. The van der Waals surface area contributed by atoms with Crippen LogP contribution in [-0.2, 0) is 10.2 Å². The summed E-state index contributed by atoms with van der Waals surface area (Å²) in [6.45, 7) is -0.294. The maximum absolute atomic E-state index is 12.7. The number of hydrogen-bond donors (Lipinski definition) is 3. The predicted octanol–water partition coefficient (Wildman–Crippen LogP) is 0.645. The highest BCUT2D eigenvalue weighted by Crippen LogP contribution is 2.60. The fourth-order valence-electron chi connectivity index (χ4n) is 6.57. The molecule has 0 radical (unpaired) electrons. The Hall–Kier alpha value is -1.44. The molecule has 142 valence electrons. The lowest BCUT2D eigenvalue weighted by molar-refractivity contribution is -0.0466. The van der Waals surface area contributed by atoms with Gasteiger partial charge in [0.05, 0.1) is 12.7 Å². The second-order valence-corrected chi connectivity index (χ2v) is 9.02. The van der Waals surface area contributed by atoms with E-state index in [2.05, 4.69) is 4.98 Å². The number of nitrogens with zero attached hydrogens (tertiary/aromatic N) is 1. The molecule has 5 aliphatic rings. The minimum absolute atomic E-state index is 0.120. The average Bonchev–Trinajstić information content (AvgIpc) is 2.94. The minimum atomic E-state index is -0.813. The van der Waals surface area contributed by atoms with Gasteiger partial charge in [0, 0.05) is 23.6 Å². The molecule has 7 heteroatoms. The van der Waals surface area contributed by atoms with Crippen LogP contribution in [0.1, 0.15) is 56.7 Å². The number of aliphatic hydroxyl groups excluding tert-OH is 2. The second kappa shape index (κ2) is 5.78. The van der Waals surface area contributed by atoms with Crippen molar-refractivity contribution in [3.63, 3.8) is 0 Å². The lowest BCUT2D eigenvalue weighted by Gasteiger charge is -2.56. The van der Waals surface area contributed by atoms with Gasteiger partial charge in [-0.2, -0.15) is 0 Å². The highest BCUT2D eigenvalue weighted by molar-refractivity contribution is 5.25. The Morgan fingerprint density at radius 2 is 1.73 bits per heavy atom. The number of hydrogen-bond acceptors (Lipinski definition) is 5. The minimum Gasteiger partial charge on any atom is -0.394 e. The standard InChI is InChI=1S/C19H26N2O5/c22-9-15-14(23)4-16(26-15)21-8-13(17(24)20-18(21)25)19-5-10-1-11(6-19)3-12(2-10)7-19/h8,10-12,14-16,22-23H,1-7,9H2,(H,20,24,25)/t10?,11?,12?,14-,15+,16+,19?/m0/s1. The number of aromatic nitrogens is 2. The van der Waals surface area contributed by atoms with Gasteiger partial charge in [0.15, 0.2) is 0 Å². The molecule has 6 rings (SSSR count). The quantitative estimate of drug-likeness (QED) is 0.732. The van der Waals surface area contributed by atoms with Crippen molar-refractivity contribution >= 4 is 0 Å². The molecule has 4 aliphatic carbocycles. The fraction of sp³-hybridized carbons (Fsp3) is 0.789. The molecule has 0 spiro atoms. The van der Waals surface area contributed by atoms with Crippen LogP contribution in [0, 0.1) is 17.8 Å². The molecule has 26 heavy (non-hydrogen) atoms. The monoisotopic (exact) mass is 362 g/mol. The summed E-state index contributed by atoms with van der Waals surface area (Å²) in [5.41, 5.74) is -0.197. The Labute approximate surface area is 151 Å². The molecule has 1 aliphatic heterocycles. The first kappa shape index (κ1) is 16.7. The first-order valence-electron chi connectivity index (χ1n) is 9.78. The first-order chi connectivity index (χ1) is 12.5. The summed E-state index contributed by atoms with van der Waals surface area (Å²) < 4.78 is 7.06. The zero-order valence-corrected chi connectivity index (χ0v) is 14.8. The Balaban J connectivity index is 1.55. The van der Waals surface area contributed by atoms with Gasteiger partial charge < -0.3 is 14.9 Å². The van der Waals surface area contributed by atoms with Gasteiger partial charge in [-0.05, 0) is 56.3 Å². The van der Waals surface area contributed by atoms with E-state index in [0.717, 1.165) is 19.3 Å². The van der Waals surface area contributed by atoms with Gasteiger partial charge >= 0.3 is 5.69 Å². The number of aromatic amines is 1. The van der Waals surface area contributed by atoms with Crippen LogP contribution in [0.25, 0.3) is 0 Å².